The van der Waals surface area contributed by atoms with Gasteiger partial charge in [-0.1, -0.05) is 36.4 Å². The van der Waals surface area contributed by atoms with Crippen molar-refractivity contribution in [1.82, 2.24) is 0 Å². The van der Waals surface area contributed by atoms with Gasteiger partial charge in [-0.15, -0.1) is 0 Å². The van der Waals surface area contributed by atoms with Crippen LogP contribution in [0.5, 0.6) is 0 Å². The summed E-state index contributed by atoms with van der Waals surface area (Å²) < 4.78 is 12.4. The predicted octanol–water partition coefficient (Wildman–Crippen LogP) is 2.25. The number of amides is 2. The van der Waals surface area contributed by atoms with Gasteiger partial charge < -0.3 is 0 Å². The summed E-state index contributed by atoms with van der Waals surface area (Å²) in [6.07, 6.45) is 1.15. The Kier molecular flexibility index (Phi) is 3.50. The first-order valence-electron chi connectivity index (χ1n) is 6.30. The number of anilines is 1. The van der Waals surface area contributed by atoms with Gasteiger partial charge in [0.05, 0.1) is 16.5 Å². The standard InChI is InChI=1S/C16H11NO3S/c18-15-11-14(21(20)13-9-5-2-6-10-13)16(19)17(15)12-7-3-1-4-8-12/h1-11H. The van der Waals surface area contributed by atoms with Crippen LogP contribution in [0.1, 0.15) is 0 Å². The summed E-state index contributed by atoms with van der Waals surface area (Å²) in [4.78, 5) is 25.9. The number of carbonyl (C=O) groups excluding carboxylic acids is 2. The van der Waals surface area contributed by atoms with Gasteiger partial charge >= 0.3 is 0 Å². The summed E-state index contributed by atoms with van der Waals surface area (Å²) in [5.41, 5.74) is 0.476. The van der Waals surface area contributed by atoms with Crippen LogP contribution < -0.4 is 4.90 Å². The first-order valence-corrected chi connectivity index (χ1v) is 7.45. The molecule has 0 aliphatic carbocycles. The van der Waals surface area contributed by atoms with Gasteiger partial charge in [-0.2, -0.15) is 0 Å². The van der Waals surface area contributed by atoms with Crippen LogP contribution in [0, 0.1) is 0 Å². The van der Waals surface area contributed by atoms with Crippen LogP contribution in [0.4, 0.5) is 5.69 Å². The van der Waals surface area contributed by atoms with Crippen molar-refractivity contribution in [2.75, 3.05) is 4.90 Å². The number of nitrogens with zero attached hydrogens (tertiary/aromatic N) is 1. The minimum Gasteiger partial charge on any atom is -0.269 e. The number of para-hydroxylation sites is 1. The predicted molar refractivity (Wildman–Crippen MR) is 79.9 cm³/mol. The zero-order chi connectivity index (χ0) is 14.8. The molecule has 2 aromatic rings. The average molecular weight is 297 g/mol. The van der Waals surface area contributed by atoms with Crippen LogP contribution in [0.3, 0.4) is 0 Å². The van der Waals surface area contributed by atoms with Gasteiger partial charge in [0.2, 0.25) is 0 Å². The first-order chi connectivity index (χ1) is 10.2. The molecule has 4 nitrogen and oxygen atoms in total. The molecule has 2 aromatic carbocycles. The third kappa shape index (κ3) is 2.43. The lowest BCUT2D eigenvalue weighted by molar-refractivity contribution is -0.120. The molecule has 0 N–H and O–H groups in total. The fourth-order valence-electron chi connectivity index (χ4n) is 2.07. The van der Waals surface area contributed by atoms with E-state index in [0.717, 1.165) is 11.0 Å². The molecule has 0 bridgehead atoms. The largest absolute Gasteiger partial charge is 0.274 e. The summed E-state index contributed by atoms with van der Waals surface area (Å²) >= 11 is 0. The lowest BCUT2D eigenvalue weighted by Gasteiger charge is -2.14. The summed E-state index contributed by atoms with van der Waals surface area (Å²) in [6, 6.07) is 17.2. The minimum atomic E-state index is -1.65. The highest BCUT2D eigenvalue weighted by atomic mass is 32.2. The van der Waals surface area contributed by atoms with Gasteiger partial charge in [0.15, 0.2) is 0 Å². The SMILES string of the molecule is O=C1C=C(S(=O)c2ccccc2)C(=O)N1c1ccccc1. The molecule has 3 rings (SSSR count). The van der Waals surface area contributed by atoms with Gasteiger partial charge in [0, 0.05) is 11.0 Å². The molecule has 0 saturated carbocycles. The fourth-order valence-corrected chi connectivity index (χ4v) is 3.19. The highest BCUT2D eigenvalue weighted by Crippen LogP contribution is 2.26. The normalized spacial score (nSPS) is 16.0. The molecule has 0 radical (unpaired) electrons. The van der Waals surface area contributed by atoms with E-state index >= 15 is 0 Å². The van der Waals surface area contributed by atoms with Crippen LogP contribution in [0.15, 0.2) is 76.5 Å². The highest BCUT2D eigenvalue weighted by Gasteiger charge is 2.35. The topological polar surface area (TPSA) is 54.5 Å². The quantitative estimate of drug-likeness (QED) is 0.817. The maximum absolute atomic E-state index is 12.4. The lowest BCUT2D eigenvalue weighted by Crippen LogP contribution is -2.31. The second-order valence-corrected chi connectivity index (χ2v) is 5.85. The number of benzene rings is 2. The van der Waals surface area contributed by atoms with Gasteiger partial charge in [-0.25, -0.2) is 9.11 Å². The van der Waals surface area contributed by atoms with E-state index in [4.69, 9.17) is 0 Å². The van der Waals surface area contributed by atoms with Crippen LogP contribution in [-0.2, 0) is 20.4 Å². The minimum absolute atomic E-state index is 0.00931. The van der Waals surface area contributed by atoms with Crippen LogP contribution >= 0.6 is 0 Å². The zero-order valence-electron chi connectivity index (χ0n) is 10.9. The fraction of sp³-hybridized carbons (Fsp3) is 0. The van der Waals surface area contributed by atoms with Crippen molar-refractivity contribution in [3.05, 3.63) is 71.6 Å². The Hall–Kier alpha value is -2.53. The van der Waals surface area contributed by atoms with E-state index in [2.05, 4.69) is 0 Å². The molecule has 21 heavy (non-hydrogen) atoms. The van der Waals surface area contributed by atoms with Crippen LogP contribution in [-0.4, -0.2) is 16.0 Å². The van der Waals surface area contributed by atoms with E-state index in [9.17, 15) is 13.8 Å². The van der Waals surface area contributed by atoms with E-state index < -0.39 is 22.6 Å². The number of carbonyl (C=O) groups is 2. The highest BCUT2D eigenvalue weighted by molar-refractivity contribution is 7.90. The number of imide groups is 1. The molecule has 0 spiro atoms. The number of hydrogen-bond donors (Lipinski definition) is 0. The van der Waals surface area contributed by atoms with Crippen molar-refractivity contribution >= 4 is 28.3 Å². The summed E-state index contributed by atoms with van der Waals surface area (Å²) in [5, 5.41) is 0. The Labute approximate surface area is 124 Å². The van der Waals surface area contributed by atoms with Gasteiger partial charge in [-0.05, 0) is 24.3 Å². The van der Waals surface area contributed by atoms with E-state index in [-0.39, 0.29) is 4.91 Å². The molecule has 1 atom stereocenters. The van der Waals surface area contributed by atoms with Crippen molar-refractivity contribution in [3.63, 3.8) is 0 Å². The van der Waals surface area contributed by atoms with E-state index in [1.165, 1.54) is 0 Å². The van der Waals surface area contributed by atoms with Crippen LogP contribution in [0.25, 0.3) is 0 Å². The Morgan fingerprint density at radius 3 is 2.00 bits per heavy atom. The Morgan fingerprint density at radius 2 is 1.38 bits per heavy atom. The third-order valence-corrected chi connectivity index (χ3v) is 4.45. The molecule has 2 amide bonds. The van der Waals surface area contributed by atoms with Crippen LogP contribution in [0.2, 0.25) is 0 Å². The molecule has 1 unspecified atom stereocenters. The van der Waals surface area contributed by atoms with E-state index in [0.29, 0.717) is 10.6 Å². The van der Waals surface area contributed by atoms with Gasteiger partial charge in [0.25, 0.3) is 11.8 Å². The van der Waals surface area contributed by atoms with Gasteiger partial charge in [0.1, 0.15) is 4.91 Å². The second kappa shape index (κ2) is 5.46. The Bertz CT molecular complexity index is 754. The molecular weight excluding hydrogens is 286 g/mol. The van der Waals surface area contributed by atoms with E-state index in [1.807, 2.05) is 0 Å². The molecule has 0 fully saturated rings. The average Bonchev–Trinajstić information content (AvgIpc) is 2.83. The second-order valence-electron chi connectivity index (χ2n) is 4.40. The van der Waals surface area contributed by atoms with Crippen molar-refractivity contribution in [1.29, 1.82) is 0 Å². The zero-order valence-corrected chi connectivity index (χ0v) is 11.7. The molecule has 1 aliphatic rings. The van der Waals surface area contributed by atoms with Gasteiger partial charge in [-0.3, -0.25) is 9.59 Å². The maximum atomic E-state index is 12.4. The summed E-state index contributed by atoms with van der Waals surface area (Å²) in [7, 11) is -1.65. The summed E-state index contributed by atoms with van der Waals surface area (Å²) in [5.74, 6) is -1.00. The Balaban J connectivity index is 1.93. The molecule has 1 heterocycles. The molecule has 5 heteroatoms. The molecule has 0 aromatic heterocycles. The monoisotopic (exact) mass is 297 g/mol. The maximum Gasteiger partial charge on any atom is 0.274 e. The molecular formula is C16H11NO3S. The third-order valence-electron chi connectivity index (χ3n) is 3.06. The lowest BCUT2D eigenvalue weighted by atomic mass is 10.3. The summed E-state index contributed by atoms with van der Waals surface area (Å²) in [6.45, 7) is 0. The molecule has 104 valence electrons. The van der Waals surface area contributed by atoms with Crippen molar-refractivity contribution in [2.45, 2.75) is 4.90 Å². The number of rotatable bonds is 3. The van der Waals surface area contributed by atoms with Crippen molar-refractivity contribution < 1.29 is 13.8 Å². The van der Waals surface area contributed by atoms with E-state index in [1.54, 1.807) is 60.7 Å². The van der Waals surface area contributed by atoms with Crippen molar-refractivity contribution in [3.8, 4) is 0 Å². The smallest absolute Gasteiger partial charge is 0.269 e. The number of hydrogen-bond acceptors (Lipinski definition) is 3. The Morgan fingerprint density at radius 1 is 0.810 bits per heavy atom. The van der Waals surface area contributed by atoms with Crippen molar-refractivity contribution in [2.24, 2.45) is 0 Å². The first kappa shape index (κ1) is 13.5. The molecule has 1 aliphatic heterocycles. The molecule has 0 saturated heterocycles.